The van der Waals surface area contributed by atoms with Gasteiger partial charge in [-0.2, -0.15) is 18.3 Å². The molecular weight excluding hydrogens is 281 g/mol. The summed E-state index contributed by atoms with van der Waals surface area (Å²) in [4.78, 5) is 0. The number of benzene rings is 1. The smallest absolute Gasteiger partial charge is 0.397 e. The van der Waals surface area contributed by atoms with Crippen LogP contribution in [0.15, 0.2) is 18.2 Å². The van der Waals surface area contributed by atoms with E-state index >= 15 is 0 Å². The maximum Gasteiger partial charge on any atom is 0.416 e. The molecule has 0 aliphatic rings. The van der Waals surface area contributed by atoms with E-state index in [1.807, 2.05) is 20.9 Å². The predicted octanol–water partition coefficient (Wildman–Crippen LogP) is 3.25. The maximum atomic E-state index is 12.6. The second kappa shape index (κ2) is 5.31. The highest BCUT2D eigenvalue weighted by molar-refractivity contribution is 5.67. The van der Waals surface area contributed by atoms with Crippen molar-refractivity contribution in [3.05, 3.63) is 40.7 Å². The molecule has 1 heterocycles. The fourth-order valence-corrected chi connectivity index (χ4v) is 2.16. The summed E-state index contributed by atoms with van der Waals surface area (Å²) >= 11 is 0. The van der Waals surface area contributed by atoms with E-state index in [9.17, 15) is 13.2 Å². The molecule has 0 aliphatic carbocycles. The Labute approximate surface area is 120 Å². The van der Waals surface area contributed by atoms with E-state index in [1.54, 1.807) is 4.68 Å². The van der Waals surface area contributed by atoms with Gasteiger partial charge in [0.1, 0.15) is 0 Å². The highest BCUT2D eigenvalue weighted by Gasteiger charge is 2.30. The first-order valence-electron chi connectivity index (χ1n) is 6.40. The lowest BCUT2D eigenvalue weighted by Gasteiger charge is -2.13. The number of halogens is 3. The predicted molar refractivity (Wildman–Crippen MR) is 75.9 cm³/mol. The first-order valence-corrected chi connectivity index (χ1v) is 6.40. The molecular formula is C14H17F3N4. The minimum atomic E-state index is -4.39. The molecule has 0 saturated heterocycles. The zero-order chi connectivity index (χ0) is 15.8. The number of nitrogen functional groups attached to an aromatic ring is 1. The molecule has 2 aromatic rings. The number of aryl methyl sites for hydroxylation is 2. The van der Waals surface area contributed by atoms with Gasteiger partial charge in [0, 0.05) is 24.8 Å². The van der Waals surface area contributed by atoms with Crippen molar-refractivity contribution >= 4 is 11.4 Å². The van der Waals surface area contributed by atoms with Crippen molar-refractivity contribution in [1.29, 1.82) is 0 Å². The molecule has 2 rings (SSSR count). The molecule has 0 spiro atoms. The highest BCUT2D eigenvalue weighted by atomic mass is 19.4. The van der Waals surface area contributed by atoms with Crippen LogP contribution in [-0.4, -0.2) is 9.78 Å². The Balaban J connectivity index is 2.17. The monoisotopic (exact) mass is 298 g/mol. The molecule has 7 heteroatoms. The van der Waals surface area contributed by atoms with Gasteiger partial charge < -0.3 is 11.1 Å². The van der Waals surface area contributed by atoms with Crippen LogP contribution in [-0.2, 0) is 19.8 Å². The molecule has 0 aliphatic heterocycles. The first-order chi connectivity index (χ1) is 9.70. The fourth-order valence-electron chi connectivity index (χ4n) is 2.16. The molecule has 114 valence electrons. The van der Waals surface area contributed by atoms with Crippen molar-refractivity contribution < 1.29 is 13.2 Å². The summed E-state index contributed by atoms with van der Waals surface area (Å²) in [6.45, 7) is 4.29. The van der Waals surface area contributed by atoms with Gasteiger partial charge in [-0.3, -0.25) is 4.68 Å². The number of nitrogens with two attached hydrogens (primary N) is 1. The molecule has 1 aromatic carbocycles. The number of nitrogens with one attached hydrogen (secondary N) is 1. The number of hydrogen-bond acceptors (Lipinski definition) is 3. The molecule has 0 fully saturated rings. The van der Waals surface area contributed by atoms with Crippen LogP contribution in [0.1, 0.15) is 22.5 Å². The Morgan fingerprint density at radius 2 is 1.95 bits per heavy atom. The zero-order valence-electron chi connectivity index (χ0n) is 12.0. The molecule has 0 saturated carbocycles. The van der Waals surface area contributed by atoms with E-state index in [4.69, 9.17) is 5.73 Å². The number of hydrogen-bond donors (Lipinski definition) is 2. The summed E-state index contributed by atoms with van der Waals surface area (Å²) < 4.78 is 39.5. The van der Waals surface area contributed by atoms with E-state index < -0.39 is 11.7 Å². The SMILES string of the molecule is Cc1nn(C)c(C)c1CNc1ccc(C(F)(F)F)cc1N. The first kappa shape index (κ1) is 15.2. The average molecular weight is 298 g/mol. The van der Waals surface area contributed by atoms with E-state index in [1.165, 1.54) is 6.07 Å². The van der Waals surface area contributed by atoms with Gasteiger partial charge >= 0.3 is 6.18 Å². The Morgan fingerprint density at radius 1 is 1.29 bits per heavy atom. The van der Waals surface area contributed by atoms with Crippen molar-refractivity contribution in [2.45, 2.75) is 26.6 Å². The van der Waals surface area contributed by atoms with Crippen LogP contribution in [0.25, 0.3) is 0 Å². The maximum absolute atomic E-state index is 12.6. The van der Waals surface area contributed by atoms with Gasteiger partial charge in [0.15, 0.2) is 0 Å². The van der Waals surface area contributed by atoms with Gasteiger partial charge in [0.25, 0.3) is 0 Å². The number of anilines is 2. The summed E-state index contributed by atoms with van der Waals surface area (Å²) in [7, 11) is 1.85. The Hall–Kier alpha value is -2.18. The quantitative estimate of drug-likeness (QED) is 0.855. The number of alkyl halides is 3. The molecule has 0 amide bonds. The van der Waals surface area contributed by atoms with Crippen LogP contribution in [0.2, 0.25) is 0 Å². The Bertz CT molecular complexity index is 659. The summed E-state index contributed by atoms with van der Waals surface area (Å²) in [6, 6.07) is 3.30. The van der Waals surface area contributed by atoms with Crippen LogP contribution in [0, 0.1) is 13.8 Å². The van der Waals surface area contributed by atoms with Crippen LogP contribution in [0.3, 0.4) is 0 Å². The second-order valence-corrected chi connectivity index (χ2v) is 4.93. The van der Waals surface area contributed by atoms with Gasteiger partial charge in [-0.25, -0.2) is 0 Å². The van der Waals surface area contributed by atoms with Crippen LogP contribution < -0.4 is 11.1 Å². The molecule has 0 atom stereocenters. The third-order valence-corrected chi connectivity index (χ3v) is 3.49. The van der Waals surface area contributed by atoms with Gasteiger partial charge in [-0.15, -0.1) is 0 Å². The standard InChI is InChI=1S/C14H17F3N4/c1-8-11(9(2)21(3)20-8)7-19-13-5-4-10(6-12(13)18)14(15,16)17/h4-6,19H,7,18H2,1-3H3. The fraction of sp³-hybridized carbons (Fsp3) is 0.357. The van der Waals surface area contributed by atoms with Crippen molar-refractivity contribution in [2.75, 3.05) is 11.1 Å². The van der Waals surface area contributed by atoms with E-state index in [-0.39, 0.29) is 5.69 Å². The second-order valence-electron chi connectivity index (χ2n) is 4.93. The number of aromatic nitrogens is 2. The Morgan fingerprint density at radius 3 is 2.43 bits per heavy atom. The van der Waals surface area contributed by atoms with Crippen LogP contribution in [0.4, 0.5) is 24.5 Å². The zero-order valence-corrected chi connectivity index (χ0v) is 12.0. The lowest BCUT2D eigenvalue weighted by molar-refractivity contribution is -0.137. The summed E-state index contributed by atoms with van der Waals surface area (Å²) in [5.74, 6) is 0. The Kier molecular flexibility index (Phi) is 3.85. The van der Waals surface area contributed by atoms with Gasteiger partial charge in [0.05, 0.1) is 22.6 Å². The third-order valence-electron chi connectivity index (χ3n) is 3.49. The molecule has 4 nitrogen and oxygen atoms in total. The third kappa shape index (κ3) is 3.12. The topological polar surface area (TPSA) is 55.9 Å². The van der Waals surface area contributed by atoms with E-state index in [2.05, 4.69) is 10.4 Å². The van der Waals surface area contributed by atoms with E-state index in [0.29, 0.717) is 12.2 Å². The van der Waals surface area contributed by atoms with Crippen molar-refractivity contribution in [1.82, 2.24) is 9.78 Å². The van der Waals surface area contributed by atoms with Crippen LogP contribution in [0.5, 0.6) is 0 Å². The number of nitrogens with zero attached hydrogens (tertiary/aromatic N) is 2. The van der Waals surface area contributed by atoms with Gasteiger partial charge in [-0.1, -0.05) is 0 Å². The largest absolute Gasteiger partial charge is 0.416 e. The van der Waals surface area contributed by atoms with Crippen LogP contribution >= 0.6 is 0 Å². The summed E-state index contributed by atoms with van der Waals surface area (Å²) in [5.41, 5.74) is 8.38. The number of rotatable bonds is 3. The molecule has 21 heavy (non-hydrogen) atoms. The van der Waals surface area contributed by atoms with Crippen molar-refractivity contribution in [3.63, 3.8) is 0 Å². The lowest BCUT2D eigenvalue weighted by Crippen LogP contribution is -2.08. The minimum Gasteiger partial charge on any atom is -0.397 e. The average Bonchev–Trinajstić information content (AvgIpc) is 2.61. The molecule has 3 N–H and O–H groups in total. The molecule has 0 radical (unpaired) electrons. The summed E-state index contributed by atoms with van der Waals surface area (Å²) in [5, 5.41) is 7.35. The summed E-state index contributed by atoms with van der Waals surface area (Å²) in [6.07, 6.45) is -4.39. The van der Waals surface area contributed by atoms with Gasteiger partial charge in [-0.05, 0) is 32.0 Å². The van der Waals surface area contributed by atoms with Crippen molar-refractivity contribution in [2.24, 2.45) is 7.05 Å². The molecule has 1 aromatic heterocycles. The highest BCUT2D eigenvalue weighted by Crippen LogP contribution is 2.33. The molecule has 0 unspecified atom stereocenters. The van der Waals surface area contributed by atoms with Gasteiger partial charge in [0.2, 0.25) is 0 Å². The minimum absolute atomic E-state index is 0.0732. The molecule has 0 bridgehead atoms. The van der Waals surface area contributed by atoms with E-state index in [0.717, 1.165) is 29.1 Å². The van der Waals surface area contributed by atoms with Crippen molar-refractivity contribution in [3.8, 4) is 0 Å². The lowest BCUT2D eigenvalue weighted by atomic mass is 10.1. The normalized spacial score (nSPS) is 11.7.